The summed E-state index contributed by atoms with van der Waals surface area (Å²) >= 11 is 0. The number of fused-ring (bicyclic) bond motifs is 9. The van der Waals surface area contributed by atoms with E-state index in [9.17, 15) is 9.59 Å². The first kappa shape index (κ1) is 35.4. The van der Waals surface area contributed by atoms with Crippen molar-refractivity contribution in [2.24, 2.45) is 51.2 Å². The van der Waals surface area contributed by atoms with Crippen LogP contribution in [-0.4, -0.2) is 23.9 Å². The SMILES string of the molecule is COc1ccc2nc3c(cc2c1)C[C@]1(C)[C@H]2CC=C4[C@@H]5[C@@H](C)[C@H](C)CC[C@]5(C(=O)NNC(=O)c5ccc(C)cc5)CC[C@@]4(C)[C@]2(C)CC[C@H]1C3(C)C. The monoisotopic (exact) mass is 701 g/mol. The van der Waals surface area contributed by atoms with Crippen LogP contribution in [0.1, 0.15) is 121 Å². The van der Waals surface area contributed by atoms with E-state index in [0.29, 0.717) is 29.2 Å². The molecule has 9 atom stereocenters. The van der Waals surface area contributed by atoms with E-state index in [0.717, 1.165) is 60.7 Å². The first-order valence-electron chi connectivity index (χ1n) is 20.0. The summed E-state index contributed by atoms with van der Waals surface area (Å²) in [5.41, 5.74) is 12.3. The second-order valence-electron chi connectivity index (χ2n) is 19.0. The van der Waals surface area contributed by atoms with Gasteiger partial charge in [0.15, 0.2) is 0 Å². The van der Waals surface area contributed by atoms with Gasteiger partial charge in [0.1, 0.15) is 5.75 Å². The molecule has 2 N–H and O–H groups in total. The largest absolute Gasteiger partial charge is 0.497 e. The van der Waals surface area contributed by atoms with Crippen molar-refractivity contribution in [3.8, 4) is 5.75 Å². The van der Waals surface area contributed by atoms with Gasteiger partial charge in [-0.1, -0.05) is 77.8 Å². The standard InChI is InChI=1S/C46H59N3O3/c1-27-10-12-30(13-11-27)40(50)48-49-41(51)46-21-18-28(2)29(3)38(46)34-15-17-37-43(6)26-32-24-31-25-33(52-9)14-16-35(31)47-39(32)42(4,5)36(43)19-20-45(37,8)44(34,7)22-23-46/h10-16,24-25,28-29,36-38H,17-23,26H2,1-9H3,(H,48,50)(H,49,51)/t28-,29+,36+,37-,38+,43+,44-,45-,46+/m1/s1. The Labute approximate surface area is 310 Å². The van der Waals surface area contributed by atoms with Crippen LogP contribution >= 0.6 is 0 Å². The predicted octanol–water partition coefficient (Wildman–Crippen LogP) is 9.68. The fourth-order valence-corrected chi connectivity index (χ4v) is 13.3. The highest BCUT2D eigenvalue weighted by molar-refractivity contribution is 5.96. The minimum atomic E-state index is -0.526. The minimum Gasteiger partial charge on any atom is -0.497 e. The van der Waals surface area contributed by atoms with Gasteiger partial charge in [-0.05, 0) is 146 Å². The van der Waals surface area contributed by atoms with E-state index in [1.54, 1.807) is 7.11 Å². The Balaban J connectivity index is 1.15. The van der Waals surface area contributed by atoms with Gasteiger partial charge in [0.05, 0.1) is 23.7 Å². The molecule has 0 unspecified atom stereocenters. The lowest BCUT2D eigenvalue weighted by atomic mass is 9.33. The number of amides is 2. The number of aryl methyl sites for hydroxylation is 1. The zero-order chi connectivity index (χ0) is 37.0. The smallest absolute Gasteiger partial charge is 0.269 e. The fraction of sp³-hybridized carbons (Fsp3) is 0.587. The van der Waals surface area contributed by atoms with Crippen molar-refractivity contribution in [2.45, 2.75) is 112 Å². The summed E-state index contributed by atoms with van der Waals surface area (Å²) in [5.74, 6) is 2.72. The maximum Gasteiger partial charge on any atom is 0.269 e. The van der Waals surface area contributed by atoms with Crippen LogP contribution in [-0.2, 0) is 16.6 Å². The number of nitrogens with one attached hydrogen (secondary N) is 2. The normalized spacial score (nSPS) is 37.2. The highest BCUT2D eigenvalue weighted by atomic mass is 16.5. The van der Waals surface area contributed by atoms with Crippen LogP contribution in [0.15, 0.2) is 60.2 Å². The van der Waals surface area contributed by atoms with Gasteiger partial charge in [-0.15, -0.1) is 0 Å². The number of carbonyl (C=O) groups excluding carboxylic acids is 2. The van der Waals surface area contributed by atoms with Gasteiger partial charge >= 0.3 is 0 Å². The van der Waals surface area contributed by atoms with Crippen LogP contribution < -0.4 is 15.6 Å². The molecule has 3 fully saturated rings. The number of aromatic nitrogens is 1. The Bertz CT molecular complexity index is 1980. The van der Waals surface area contributed by atoms with Gasteiger partial charge in [0.2, 0.25) is 5.91 Å². The zero-order valence-corrected chi connectivity index (χ0v) is 32.9. The van der Waals surface area contributed by atoms with Gasteiger partial charge in [0.25, 0.3) is 5.91 Å². The van der Waals surface area contributed by atoms with E-state index in [1.807, 2.05) is 37.3 Å². The Morgan fingerprint density at radius 2 is 1.62 bits per heavy atom. The molecule has 6 nitrogen and oxygen atoms in total. The number of methoxy groups -OCH3 is 1. The number of carbonyl (C=O) groups is 2. The molecule has 5 aliphatic carbocycles. The summed E-state index contributed by atoms with van der Waals surface area (Å²) in [6.45, 7) is 19.5. The molecular weight excluding hydrogens is 643 g/mol. The molecule has 0 aliphatic heterocycles. The molecule has 0 bridgehead atoms. The number of ether oxygens (including phenoxy) is 1. The Morgan fingerprint density at radius 3 is 2.35 bits per heavy atom. The van der Waals surface area contributed by atoms with E-state index in [4.69, 9.17) is 9.72 Å². The number of nitrogens with zero attached hydrogens (tertiary/aromatic N) is 1. The molecule has 3 saturated carbocycles. The van der Waals surface area contributed by atoms with E-state index >= 15 is 0 Å². The number of allylic oxidation sites excluding steroid dienone is 2. The van der Waals surface area contributed by atoms with Crippen molar-refractivity contribution < 1.29 is 14.3 Å². The Morgan fingerprint density at radius 1 is 0.865 bits per heavy atom. The first-order chi connectivity index (χ1) is 24.6. The average molecular weight is 702 g/mol. The van der Waals surface area contributed by atoms with E-state index in [2.05, 4.69) is 83.6 Å². The van der Waals surface area contributed by atoms with Crippen LogP contribution in [0, 0.1) is 58.2 Å². The summed E-state index contributed by atoms with van der Waals surface area (Å²) in [6, 6.07) is 16.2. The van der Waals surface area contributed by atoms with Crippen molar-refractivity contribution in [2.75, 3.05) is 7.11 Å². The summed E-state index contributed by atoms with van der Waals surface area (Å²) in [7, 11) is 1.73. The van der Waals surface area contributed by atoms with Gasteiger partial charge in [-0.3, -0.25) is 25.4 Å². The third-order valence-electron chi connectivity index (χ3n) is 16.5. The Hall–Kier alpha value is -3.67. The van der Waals surface area contributed by atoms with Crippen LogP contribution in [0.4, 0.5) is 0 Å². The van der Waals surface area contributed by atoms with Gasteiger partial charge in [0, 0.05) is 16.4 Å². The van der Waals surface area contributed by atoms with Crippen molar-refractivity contribution in [1.82, 2.24) is 15.8 Å². The molecule has 1 heterocycles. The molecule has 6 heteroatoms. The van der Waals surface area contributed by atoms with Crippen LogP contribution in [0.3, 0.4) is 0 Å². The number of hydrogen-bond acceptors (Lipinski definition) is 4. The second kappa shape index (κ2) is 11.9. The highest BCUT2D eigenvalue weighted by Crippen LogP contribution is 2.75. The fourth-order valence-electron chi connectivity index (χ4n) is 13.3. The topological polar surface area (TPSA) is 80.3 Å². The summed E-state index contributed by atoms with van der Waals surface area (Å²) in [4.78, 5) is 33.0. The summed E-state index contributed by atoms with van der Waals surface area (Å²) < 4.78 is 5.60. The number of hydrazine groups is 1. The predicted molar refractivity (Wildman–Crippen MR) is 208 cm³/mol. The zero-order valence-electron chi connectivity index (χ0n) is 32.9. The van der Waals surface area contributed by atoms with E-state index in [-0.39, 0.29) is 39.4 Å². The lowest BCUT2D eigenvalue weighted by Crippen LogP contribution is -2.66. The third kappa shape index (κ3) is 4.83. The molecule has 0 spiro atoms. The molecule has 0 saturated heterocycles. The summed E-state index contributed by atoms with van der Waals surface area (Å²) in [5, 5.41) is 1.16. The van der Waals surface area contributed by atoms with Crippen molar-refractivity contribution in [3.05, 3.63) is 82.6 Å². The second-order valence-corrected chi connectivity index (χ2v) is 19.0. The molecule has 3 aromatic rings. The molecular formula is C46H59N3O3. The first-order valence-corrected chi connectivity index (χ1v) is 20.0. The molecule has 52 heavy (non-hydrogen) atoms. The van der Waals surface area contributed by atoms with Crippen molar-refractivity contribution in [1.29, 1.82) is 0 Å². The molecule has 2 amide bonds. The summed E-state index contributed by atoms with van der Waals surface area (Å²) in [6.07, 6.45) is 10.8. The molecule has 8 rings (SSSR count). The lowest BCUT2D eigenvalue weighted by Gasteiger charge is -2.71. The third-order valence-corrected chi connectivity index (χ3v) is 16.5. The van der Waals surface area contributed by atoms with E-state index in [1.165, 1.54) is 29.7 Å². The quantitative estimate of drug-likeness (QED) is 0.211. The number of hydrogen-bond donors (Lipinski definition) is 2. The van der Waals surface area contributed by atoms with Crippen molar-refractivity contribution in [3.63, 3.8) is 0 Å². The average Bonchev–Trinajstić information content (AvgIpc) is 3.11. The molecule has 1 aromatic heterocycles. The minimum absolute atomic E-state index is 0.00572. The number of rotatable bonds is 3. The van der Waals surface area contributed by atoms with Crippen LogP contribution in [0.25, 0.3) is 10.9 Å². The maximum absolute atomic E-state index is 14.5. The van der Waals surface area contributed by atoms with Crippen LogP contribution in [0.5, 0.6) is 5.75 Å². The molecule has 2 aromatic carbocycles. The number of pyridine rings is 1. The maximum atomic E-state index is 14.5. The molecule has 5 aliphatic rings. The van der Waals surface area contributed by atoms with Gasteiger partial charge < -0.3 is 4.74 Å². The highest BCUT2D eigenvalue weighted by Gasteiger charge is 2.69. The van der Waals surface area contributed by atoms with Gasteiger partial charge in [-0.2, -0.15) is 0 Å². The van der Waals surface area contributed by atoms with Crippen molar-refractivity contribution >= 4 is 22.7 Å². The molecule has 276 valence electrons. The number of benzene rings is 2. The Kier molecular flexibility index (Phi) is 8.10. The van der Waals surface area contributed by atoms with Gasteiger partial charge in [-0.25, -0.2) is 0 Å². The van der Waals surface area contributed by atoms with Crippen LogP contribution in [0.2, 0.25) is 0 Å². The van der Waals surface area contributed by atoms with E-state index < -0.39 is 5.41 Å². The molecule has 0 radical (unpaired) electrons. The lowest BCUT2D eigenvalue weighted by molar-refractivity contribution is -0.170.